The Kier molecular flexibility index (Phi) is 4.62. The van der Waals surface area contributed by atoms with Crippen LogP contribution in [0.5, 0.6) is 5.75 Å². The summed E-state index contributed by atoms with van der Waals surface area (Å²) < 4.78 is 0. The molecule has 0 atom stereocenters. The molecule has 0 bridgehead atoms. The molecule has 2 aromatic rings. The maximum absolute atomic E-state index is 12.2. The topological polar surface area (TPSA) is 43.8 Å². The second-order valence-electron chi connectivity index (χ2n) is 5.57. The number of carbonyl (C=O) groups is 1. The van der Waals surface area contributed by atoms with Crippen LogP contribution in [-0.4, -0.2) is 42.1 Å². The fourth-order valence-corrected chi connectivity index (χ4v) is 2.69. The molecule has 0 radical (unpaired) electrons. The Morgan fingerprint density at radius 2 is 1.57 bits per heavy atom. The maximum atomic E-state index is 12.2. The van der Waals surface area contributed by atoms with Crippen molar-refractivity contribution in [2.24, 2.45) is 0 Å². The zero-order valence-electron chi connectivity index (χ0n) is 12.9. The maximum Gasteiger partial charge on any atom is 0.246 e. The van der Waals surface area contributed by atoms with Crippen LogP contribution in [0.2, 0.25) is 0 Å². The van der Waals surface area contributed by atoms with Crippen LogP contribution in [0.25, 0.3) is 6.08 Å². The van der Waals surface area contributed by atoms with E-state index >= 15 is 0 Å². The minimum absolute atomic E-state index is 0.0548. The fraction of sp³-hybridized carbons (Fsp3) is 0.211. The third-order valence-electron chi connectivity index (χ3n) is 4.02. The summed E-state index contributed by atoms with van der Waals surface area (Å²) in [5, 5.41) is 9.34. The van der Waals surface area contributed by atoms with Gasteiger partial charge in [-0.3, -0.25) is 4.79 Å². The van der Waals surface area contributed by atoms with E-state index in [4.69, 9.17) is 0 Å². The first-order valence-corrected chi connectivity index (χ1v) is 7.78. The number of phenols is 1. The number of phenolic OH excluding ortho intramolecular Hbond substituents is 1. The fourth-order valence-electron chi connectivity index (χ4n) is 2.69. The number of anilines is 1. The molecule has 0 saturated carbocycles. The lowest BCUT2D eigenvalue weighted by Gasteiger charge is -2.35. The zero-order valence-corrected chi connectivity index (χ0v) is 12.9. The number of hydrogen-bond acceptors (Lipinski definition) is 3. The second-order valence-corrected chi connectivity index (χ2v) is 5.57. The summed E-state index contributed by atoms with van der Waals surface area (Å²) >= 11 is 0. The lowest BCUT2D eigenvalue weighted by atomic mass is 10.2. The van der Waals surface area contributed by atoms with Crippen molar-refractivity contribution < 1.29 is 9.90 Å². The molecule has 2 aromatic carbocycles. The van der Waals surface area contributed by atoms with Gasteiger partial charge in [0.25, 0.3) is 0 Å². The Hall–Kier alpha value is -2.75. The van der Waals surface area contributed by atoms with Crippen LogP contribution in [0.15, 0.2) is 60.7 Å². The molecule has 0 unspecified atom stereocenters. The molecule has 23 heavy (non-hydrogen) atoms. The van der Waals surface area contributed by atoms with E-state index < -0.39 is 0 Å². The first-order chi connectivity index (χ1) is 11.2. The molecular formula is C19H20N2O2. The first kappa shape index (κ1) is 15.2. The highest BCUT2D eigenvalue weighted by molar-refractivity contribution is 5.91. The smallest absolute Gasteiger partial charge is 0.246 e. The lowest BCUT2D eigenvalue weighted by molar-refractivity contribution is -0.126. The van der Waals surface area contributed by atoms with Crippen LogP contribution in [0.3, 0.4) is 0 Å². The van der Waals surface area contributed by atoms with E-state index in [9.17, 15) is 9.90 Å². The summed E-state index contributed by atoms with van der Waals surface area (Å²) in [6, 6.07) is 17.0. The third kappa shape index (κ3) is 3.92. The van der Waals surface area contributed by atoms with Crippen molar-refractivity contribution in [3.63, 3.8) is 0 Å². The van der Waals surface area contributed by atoms with E-state index in [1.54, 1.807) is 18.2 Å². The molecule has 0 spiro atoms. The highest BCUT2D eigenvalue weighted by Gasteiger charge is 2.19. The van der Waals surface area contributed by atoms with Crippen molar-refractivity contribution in [2.75, 3.05) is 31.1 Å². The van der Waals surface area contributed by atoms with Crippen LogP contribution in [0.1, 0.15) is 5.56 Å². The highest BCUT2D eigenvalue weighted by Crippen LogP contribution is 2.19. The van der Waals surface area contributed by atoms with Gasteiger partial charge in [0.2, 0.25) is 5.91 Å². The molecule has 4 heteroatoms. The van der Waals surface area contributed by atoms with Gasteiger partial charge in [0.05, 0.1) is 0 Å². The molecule has 118 valence electrons. The van der Waals surface area contributed by atoms with Crippen LogP contribution in [0, 0.1) is 0 Å². The molecule has 1 N–H and O–H groups in total. The summed E-state index contributed by atoms with van der Waals surface area (Å²) in [6.07, 6.45) is 3.50. The van der Waals surface area contributed by atoms with Gasteiger partial charge in [-0.2, -0.15) is 0 Å². The Labute approximate surface area is 136 Å². The largest absolute Gasteiger partial charge is 0.508 e. The number of benzene rings is 2. The van der Waals surface area contributed by atoms with Crippen LogP contribution < -0.4 is 4.90 Å². The van der Waals surface area contributed by atoms with E-state index in [1.165, 1.54) is 0 Å². The Morgan fingerprint density at radius 3 is 2.22 bits per heavy atom. The average molecular weight is 308 g/mol. The number of carbonyl (C=O) groups excluding carboxylic acids is 1. The highest BCUT2D eigenvalue weighted by atomic mass is 16.3. The van der Waals surface area contributed by atoms with Gasteiger partial charge in [0.15, 0.2) is 0 Å². The van der Waals surface area contributed by atoms with Gasteiger partial charge in [0.1, 0.15) is 5.75 Å². The number of nitrogens with zero attached hydrogens (tertiary/aromatic N) is 2. The first-order valence-electron chi connectivity index (χ1n) is 7.78. The minimum Gasteiger partial charge on any atom is -0.508 e. The standard InChI is InChI=1S/C19H20N2O2/c22-18-9-7-17(8-10-18)20-12-14-21(15-13-20)19(23)11-6-16-4-2-1-3-5-16/h1-11,22H,12-15H2. The van der Waals surface area contributed by atoms with E-state index in [1.807, 2.05) is 53.4 Å². The Bertz CT molecular complexity index is 672. The molecule has 0 aliphatic carbocycles. The van der Waals surface area contributed by atoms with Gasteiger partial charge in [-0.05, 0) is 35.9 Å². The third-order valence-corrected chi connectivity index (χ3v) is 4.02. The van der Waals surface area contributed by atoms with Crippen LogP contribution >= 0.6 is 0 Å². The lowest BCUT2D eigenvalue weighted by Crippen LogP contribution is -2.48. The van der Waals surface area contributed by atoms with Crippen molar-refractivity contribution in [3.8, 4) is 5.75 Å². The van der Waals surface area contributed by atoms with Crippen molar-refractivity contribution in [3.05, 3.63) is 66.2 Å². The summed E-state index contributed by atoms with van der Waals surface area (Å²) in [4.78, 5) is 16.3. The summed E-state index contributed by atoms with van der Waals surface area (Å²) in [5.41, 5.74) is 2.11. The van der Waals surface area contributed by atoms with Gasteiger partial charge in [0, 0.05) is 37.9 Å². The van der Waals surface area contributed by atoms with Crippen molar-refractivity contribution in [2.45, 2.75) is 0 Å². The molecule has 1 heterocycles. The quantitative estimate of drug-likeness (QED) is 0.887. The molecule has 1 aliphatic rings. The van der Waals surface area contributed by atoms with Gasteiger partial charge >= 0.3 is 0 Å². The molecule has 1 saturated heterocycles. The van der Waals surface area contributed by atoms with Crippen molar-refractivity contribution >= 4 is 17.7 Å². The van der Waals surface area contributed by atoms with Crippen LogP contribution in [0.4, 0.5) is 5.69 Å². The van der Waals surface area contributed by atoms with Gasteiger partial charge < -0.3 is 14.9 Å². The molecule has 1 aliphatic heterocycles. The normalized spacial score (nSPS) is 15.1. The van der Waals surface area contributed by atoms with Crippen LogP contribution in [-0.2, 0) is 4.79 Å². The summed E-state index contributed by atoms with van der Waals surface area (Å²) in [7, 11) is 0. The number of hydrogen-bond donors (Lipinski definition) is 1. The van der Waals surface area contributed by atoms with Gasteiger partial charge in [-0.1, -0.05) is 30.3 Å². The SMILES string of the molecule is O=C(C=Cc1ccccc1)N1CCN(c2ccc(O)cc2)CC1. The molecule has 3 rings (SSSR count). The summed E-state index contributed by atoms with van der Waals surface area (Å²) in [6.45, 7) is 3.02. The second kappa shape index (κ2) is 7.01. The van der Waals surface area contributed by atoms with E-state index in [0.717, 1.165) is 24.3 Å². The number of rotatable bonds is 3. The molecule has 0 aromatic heterocycles. The molecular weight excluding hydrogens is 288 g/mol. The number of aromatic hydroxyl groups is 1. The van der Waals surface area contributed by atoms with Crippen molar-refractivity contribution in [1.82, 2.24) is 4.90 Å². The molecule has 1 amide bonds. The Balaban J connectivity index is 1.55. The zero-order chi connectivity index (χ0) is 16.1. The number of piperazine rings is 1. The van der Waals surface area contributed by atoms with Gasteiger partial charge in [-0.15, -0.1) is 0 Å². The van der Waals surface area contributed by atoms with E-state index in [-0.39, 0.29) is 11.7 Å². The van der Waals surface area contributed by atoms with E-state index in [0.29, 0.717) is 13.1 Å². The predicted octanol–water partition coefficient (Wildman–Crippen LogP) is 2.75. The minimum atomic E-state index is 0.0548. The Morgan fingerprint density at radius 1 is 0.913 bits per heavy atom. The predicted molar refractivity (Wildman–Crippen MR) is 92.4 cm³/mol. The average Bonchev–Trinajstić information content (AvgIpc) is 2.61. The monoisotopic (exact) mass is 308 g/mol. The van der Waals surface area contributed by atoms with Gasteiger partial charge in [-0.25, -0.2) is 0 Å². The summed E-state index contributed by atoms with van der Waals surface area (Å²) in [5.74, 6) is 0.327. The molecule has 4 nitrogen and oxygen atoms in total. The molecule has 1 fully saturated rings. The number of amides is 1. The van der Waals surface area contributed by atoms with Crippen molar-refractivity contribution in [1.29, 1.82) is 0 Å². The van der Waals surface area contributed by atoms with E-state index in [2.05, 4.69) is 4.90 Å².